The zero-order chi connectivity index (χ0) is 14.3. The normalized spacial score (nSPS) is 14.4. The maximum Gasteiger partial charge on any atom is 0.134 e. The van der Waals surface area contributed by atoms with Gasteiger partial charge in [0.05, 0.1) is 5.69 Å². The third kappa shape index (κ3) is 2.40. The fourth-order valence-corrected chi connectivity index (χ4v) is 2.69. The van der Waals surface area contributed by atoms with Crippen molar-refractivity contribution >= 4 is 5.82 Å². The van der Waals surface area contributed by atoms with Crippen LogP contribution in [0.1, 0.15) is 41.3 Å². The van der Waals surface area contributed by atoms with Crippen LogP contribution in [0.3, 0.4) is 0 Å². The minimum Gasteiger partial charge on any atom is -0.373 e. The molecule has 0 unspecified atom stereocenters. The van der Waals surface area contributed by atoms with Gasteiger partial charge in [0.1, 0.15) is 11.6 Å². The molecule has 1 aliphatic rings. The van der Waals surface area contributed by atoms with Gasteiger partial charge >= 0.3 is 0 Å². The summed E-state index contributed by atoms with van der Waals surface area (Å²) in [5.74, 6) is 2.51. The number of nitrogens with zero attached hydrogens (tertiary/aromatic N) is 2. The van der Waals surface area contributed by atoms with Crippen LogP contribution in [0.5, 0.6) is 0 Å². The first kappa shape index (κ1) is 13.1. The molecule has 0 spiro atoms. The summed E-state index contributed by atoms with van der Waals surface area (Å²) < 4.78 is 0. The van der Waals surface area contributed by atoms with Crippen molar-refractivity contribution in [3.8, 4) is 11.3 Å². The molecule has 104 valence electrons. The average Bonchev–Trinajstić information content (AvgIpc) is 3.22. The lowest BCUT2D eigenvalue weighted by Crippen LogP contribution is -2.04. The quantitative estimate of drug-likeness (QED) is 0.913. The summed E-state index contributed by atoms with van der Waals surface area (Å²) in [5, 5.41) is 3.21. The number of rotatable bonds is 3. The Bertz CT molecular complexity index is 637. The predicted molar refractivity (Wildman–Crippen MR) is 83.2 cm³/mol. The van der Waals surface area contributed by atoms with E-state index in [0.717, 1.165) is 22.9 Å². The molecule has 1 saturated carbocycles. The molecule has 1 fully saturated rings. The van der Waals surface area contributed by atoms with Crippen LogP contribution in [-0.4, -0.2) is 17.0 Å². The highest BCUT2D eigenvalue weighted by Crippen LogP contribution is 2.40. The van der Waals surface area contributed by atoms with E-state index in [0.29, 0.717) is 5.92 Å². The Hall–Kier alpha value is -1.90. The van der Waals surface area contributed by atoms with Crippen molar-refractivity contribution in [1.29, 1.82) is 0 Å². The highest BCUT2D eigenvalue weighted by atomic mass is 15.0. The third-order valence-corrected chi connectivity index (χ3v) is 3.84. The van der Waals surface area contributed by atoms with Crippen LogP contribution in [0.15, 0.2) is 18.2 Å². The lowest BCUT2D eigenvalue weighted by Gasteiger charge is -2.13. The zero-order valence-corrected chi connectivity index (χ0v) is 12.6. The molecule has 0 radical (unpaired) electrons. The Balaban J connectivity index is 2.18. The smallest absolute Gasteiger partial charge is 0.134 e. The first-order chi connectivity index (χ1) is 9.58. The number of hydrogen-bond donors (Lipinski definition) is 1. The largest absolute Gasteiger partial charge is 0.373 e. The van der Waals surface area contributed by atoms with Crippen LogP contribution in [0.2, 0.25) is 0 Å². The molecule has 3 heteroatoms. The molecular formula is C17H21N3. The van der Waals surface area contributed by atoms with Crippen molar-refractivity contribution in [1.82, 2.24) is 9.97 Å². The van der Waals surface area contributed by atoms with Crippen LogP contribution in [-0.2, 0) is 0 Å². The lowest BCUT2D eigenvalue weighted by molar-refractivity contribution is 0.923. The van der Waals surface area contributed by atoms with Crippen molar-refractivity contribution in [3.05, 3.63) is 40.7 Å². The Labute approximate surface area is 120 Å². The van der Waals surface area contributed by atoms with E-state index in [4.69, 9.17) is 4.98 Å². The number of nitrogens with one attached hydrogen (secondary N) is 1. The molecule has 1 aromatic carbocycles. The van der Waals surface area contributed by atoms with E-state index in [9.17, 15) is 0 Å². The van der Waals surface area contributed by atoms with Crippen molar-refractivity contribution in [2.45, 2.75) is 39.5 Å². The molecule has 1 aromatic heterocycles. The fraction of sp³-hybridized carbons (Fsp3) is 0.412. The van der Waals surface area contributed by atoms with Gasteiger partial charge in [-0.15, -0.1) is 0 Å². The highest BCUT2D eigenvalue weighted by molar-refractivity contribution is 5.69. The summed E-state index contributed by atoms with van der Waals surface area (Å²) in [5.41, 5.74) is 5.94. The van der Waals surface area contributed by atoms with Gasteiger partial charge in [-0.3, -0.25) is 0 Å². The van der Waals surface area contributed by atoms with Gasteiger partial charge in [0.25, 0.3) is 0 Å². The second-order valence-electron chi connectivity index (χ2n) is 5.80. The van der Waals surface area contributed by atoms with Gasteiger partial charge in [-0.2, -0.15) is 0 Å². The van der Waals surface area contributed by atoms with E-state index in [1.54, 1.807) is 0 Å². The van der Waals surface area contributed by atoms with E-state index in [2.05, 4.69) is 49.3 Å². The standard InChI is InChI=1S/C17H21N3/c1-10-7-11(2)9-14(8-10)15-12(3)16(18-4)20-17(19-15)13-5-6-13/h7-9,13H,5-6H2,1-4H3,(H,18,19,20). The predicted octanol–water partition coefficient (Wildman–Crippen LogP) is 3.99. The van der Waals surface area contributed by atoms with Crippen LogP contribution < -0.4 is 5.32 Å². The van der Waals surface area contributed by atoms with E-state index in [-0.39, 0.29) is 0 Å². The monoisotopic (exact) mass is 267 g/mol. The maximum atomic E-state index is 4.84. The van der Waals surface area contributed by atoms with Crippen LogP contribution in [0.25, 0.3) is 11.3 Å². The average molecular weight is 267 g/mol. The summed E-state index contributed by atoms with van der Waals surface area (Å²) in [6.45, 7) is 6.36. The molecule has 0 amide bonds. The molecule has 0 atom stereocenters. The summed E-state index contributed by atoms with van der Waals surface area (Å²) >= 11 is 0. The molecule has 3 rings (SSSR count). The van der Waals surface area contributed by atoms with E-state index in [1.165, 1.54) is 29.5 Å². The second kappa shape index (κ2) is 4.89. The SMILES string of the molecule is CNc1nc(C2CC2)nc(-c2cc(C)cc(C)c2)c1C. The highest BCUT2D eigenvalue weighted by Gasteiger charge is 2.28. The first-order valence-electron chi connectivity index (χ1n) is 7.23. The van der Waals surface area contributed by atoms with Crippen LogP contribution in [0.4, 0.5) is 5.82 Å². The van der Waals surface area contributed by atoms with Crippen molar-refractivity contribution in [2.75, 3.05) is 12.4 Å². The number of hydrogen-bond acceptors (Lipinski definition) is 3. The lowest BCUT2D eigenvalue weighted by atomic mass is 10.0. The Morgan fingerprint density at radius 2 is 1.65 bits per heavy atom. The zero-order valence-electron chi connectivity index (χ0n) is 12.6. The van der Waals surface area contributed by atoms with Crippen LogP contribution in [0, 0.1) is 20.8 Å². The number of anilines is 1. The number of aromatic nitrogens is 2. The Morgan fingerprint density at radius 1 is 1.00 bits per heavy atom. The van der Waals surface area contributed by atoms with Crippen molar-refractivity contribution < 1.29 is 0 Å². The number of aryl methyl sites for hydroxylation is 2. The molecular weight excluding hydrogens is 246 g/mol. The molecule has 0 aliphatic heterocycles. The molecule has 1 aliphatic carbocycles. The van der Waals surface area contributed by atoms with Crippen LogP contribution >= 0.6 is 0 Å². The number of benzene rings is 1. The minimum absolute atomic E-state index is 0.562. The second-order valence-corrected chi connectivity index (χ2v) is 5.80. The van der Waals surface area contributed by atoms with Gasteiger partial charge in [-0.25, -0.2) is 9.97 Å². The molecule has 2 aromatic rings. The third-order valence-electron chi connectivity index (χ3n) is 3.84. The van der Waals surface area contributed by atoms with E-state index >= 15 is 0 Å². The fourth-order valence-electron chi connectivity index (χ4n) is 2.69. The van der Waals surface area contributed by atoms with Gasteiger partial charge < -0.3 is 5.32 Å². The van der Waals surface area contributed by atoms with Gasteiger partial charge in [-0.05, 0) is 45.7 Å². The van der Waals surface area contributed by atoms with Crippen molar-refractivity contribution in [2.24, 2.45) is 0 Å². The van der Waals surface area contributed by atoms with E-state index < -0.39 is 0 Å². The summed E-state index contributed by atoms with van der Waals surface area (Å²) in [6, 6.07) is 6.61. The first-order valence-corrected chi connectivity index (χ1v) is 7.23. The molecule has 0 bridgehead atoms. The minimum atomic E-state index is 0.562. The molecule has 1 N–H and O–H groups in total. The van der Waals surface area contributed by atoms with Gasteiger partial charge in [0.2, 0.25) is 0 Å². The molecule has 3 nitrogen and oxygen atoms in total. The Morgan fingerprint density at radius 3 is 2.20 bits per heavy atom. The molecule has 1 heterocycles. The summed E-state index contributed by atoms with van der Waals surface area (Å²) in [4.78, 5) is 9.51. The van der Waals surface area contributed by atoms with Gasteiger partial charge in [0, 0.05) is 24.1 Å². The summed E-state index contributed by atoms with van der Waals surface area (Å²) in [6.07, 6.45) is 2.44. The molecule has 20 heavy (non-hydrogen) atoms. The maximum absolute atomic E-state index is 4.84. The van der Waals surface area contributed by atoms with E-state index in [1.807, 2.05) is 7.05 Å². The van der Waals surface area contributed by atoms with Crippen molar-refractivity contribution in [3.63, 3.8) is 0 Å². The Kier molecular flexibility index (Phi) is 3.20. The molecule has 0 saturated heterocycles. The summed E-state index contributed by atoms with van der Waals surface area (Å²) in [7, 11) is 1.93. The topological polar surface area (TPSA) is 37.8 Å². The van der Waals surface area contributed by atoms with Gasteiger partial charge in [-0.1, -0.05) is 17.2 Å². The van der Waals surface area contributed by atoms with Gasteiger partial charge in [0.15, 0.2) is 0 Å².